The van der Waals surface area contributed by atoms with Crippen molar-refractivity contribution in [3.63, 3.8) is 0 Å². The second kappa shape index (κ2) is 8.02. The predicted molar refractivity (Wildman–Crippen MR) is 115 cm³/mol. The smallest absolute Gasteiger partial charge is 0.159 e. The van der Waals surface area contributed by atoms with E-state index in [4.69, 9.17) is 5.73 Å². The monoisotopic (exact) mass is 442 g/mol. The van der Waals surface area contributed by atoms with Crippen LogP contribution in [0.1, 0.15) is 0 Å². The Labute approximate surface area is 171 Å². The highest BCUT2D eigenvalue weighted by atomic mass is 79.9. The number of nitrogens with zero attached hydrogens (tertiary/aromatic N) is 4. The van der Waals surface area contributed by atoms with Crippen molar-refractivity contribution in [3.05, 3.63) is 65.1 Å². The second-order valence-electron chi connectivity index (χ2n) is 6.54. The minimum Gasteiger partial charge on any atom is -0.393 e. The Morgan fingerprint density at radius 3 is 2.21 bits per heavy atom. The van der Waals surface area contributed by atoms with E-state index in [-0.39, 0.29) is 5.82 Å². The van der Waals surface area contributed by atoms with E-state index in [0.29, 0.717) is 11.5 Å². The van der Waals surface area contributed by atoms with E-state index in [1.54, 1.807) is 0 Å². The number of rotatable bonds is 4. The number of nitrogen functional groups attached to an aromatic ring is 1. The molecule has 1 aliphatic rings. The standard InChI is InChI=1S/C20H20BrFN6/c21-14-1-5-16(6-2-14)26-19-18(23)20(25-13-24-19)28-11-9-27(10-12-28)17-7-3-15(22)4-8-17/h1-8,13H,9-12,23H2,(H,24,25,26). The maximum Gasteiger partial charge on any atom is 0.159 e. The molecule has 4 rings (SSSR count). The van der Waals surface area contributed by atoms with E-state index in [1.807, 2.05) is 36.4 Å². The molecule has 0 bridgehead atoms. The third kappa shape index (κ3) is 4.01. The van der Waals surface area contributed by atoms with Crippen LogP contribution in [0.4, 0.5) is 33.1 Å². The lowest BCUT2D eigenvalue weighted by atomic mass is 10.2. The molecule has 28 heavy (non-hydrogen) atoms. The van der Waals surface area contributed by atoms with Crippen molar-refractivity contribution in [2.24, 2.45) is 0 Å². The number of piperazine rings is 1. The van der Waals surface area contributed by atoms with Crippen molar-refractivity contribution in [2.75, 3.05) is 47.0 Å². The molecule has 1 aromatic heterocycles. The minimum atomic E-state index is -0.220. The maximum absolute atomic E-state index is 13.1. The fourth-order valence-corrected chi connectivity index (χ4v) is 3.50. The van der Waals surface area contributed by atoms with Gasteiger partial charge in [-0.3, -0.25) is 0 Å². The highest BCUT2D eigenvalue weighted by Crippen LogP contribution is 2.30. The Bertz CT molecular complexity index is 940. The van der Waals surface area contributed by atoms with Crippen LogP contribution in [0, 0.1) is 5.82 Å². The molecule has 1 aliphatic heterocycles. The Hall–Kier alpha value is -2.87. The van der Waals surface area contributed by atoms with Gasteiger partial charge in [-0.05, 0) is 48.5 Å². The van der Waals surface area contributed by atoms with Gasteiger partial charge in [0.1, 0.15) is 17.8 Å². The van der Waals surface area contributed by atoms with Crippen LogP contribution in [0.3, 0.4) is 0 Å². The van der Waals surface area contributed by atoms with Gasteiger partial charge in [0.25, 0.3) is 0 Å². The van der Waals surface area contributed by atoms with E-state index in [9.17, 15) is 4.39 Å². The van der Waals surface area contributed by atoms with Crippen LogP contribution in [0.5, 0.6) is 0 Å². The third-order valence-corrected chi connectivity index (χ3v) is 5.27. The van der Waals surface area contributed by atoms with Crippen LogP contribution in [0.15, 0.2) is 59.3 Å². The zero-order valence-corrected chi connectivity index (χ0v) is 16.7. The average molecular weight is 443 g/mol. The lowest BCUT2D eigenvalue weighted by Gasteiger charge is -2.37. The molecule has 0 radical (unpaired) electrons. The summed E-state index contributed by atoms with van der Waals surface area (Å²) in [4.78, 5) is 13.1. The quantitative estimate of drug-likeness (QED) is 0.635. The zero-order chi connectivity index (χ0) is 19.5. The van der Waals surface area contributed by atoms with Gasteiger partial charge in [0.2, 0.25) is 0 Å². The molecular formula is C20H20BrFN6. The van der Waals surface area contributed by atoms with Gasteiger partial charge in [-0.25, -0.2) is 14.4 Å². The van der Waals surface area contributed by atoms with Gasteiger partial charge in [-0.1, -0.05) is 15.9 Å². The molecule has 0 spiro atoms. The normalized spacial score (nSPS) is 14.2. The van der Waals surface area contributed by atoms with E-state index in [0.717, 1.165) is 47.8 Å². The van der Waals surface area contributed by atoms with Gasteiger partial charge in [-0.2, -0.15) is 0 Å². The van der Waals surface area contributed by atoms with Gasteiger partial charge in [0, 0.05) is 42.0 Å². The maximum atomic E-state index is 13.1. The highest BCUT2D eigenvalue weighted by Gasteiger charge is 2.21. The Morgan fingerprint density at radius 1 is 0.893 bits per heavy atom. The van der Waals surface area contributed by atoms with Crippen LogP contribution >= 0.6 is 15.9 Å². The third-order valence-electron chi connectivity index (χ3n) is 4.74. The number of hydrogen-bond donors (Lipinski definition) is 2. The van der Waals surface area contributed by atoms with Crippen LogP contribution in [0.25, 0.3) is 0 Å². The first-order valence-corrected chi connectivity index (χ1v) is 9.78. The summed E-state index contributed by atoms with van der Waals surface area (Å²) < 4.78 is 14.1. The van der Waals surface area contributed by atoms with Gasteiger partial charge in [0.05, 0.1) is 0 Å². The summed E-state index contributed by atoms with van der Waals surface area (Å²) in [6.07, 6.45) is 1.53. The first kappa shape index (κ1) is 18.5. The van der Waals surface area contributed by atoms with E-state index < -0.39 is 0 Å². The molecule has 0 unspecified atom stereocenters. The van der Waals surface area contributed by atoms with Crippen molar-refractivity contribution in [1.29, 1.82) is 0 Å². The number of halogens is 2. The Kier molecular flexibility index (Phi) is 5.29. The number of anilines is 5. The molecule has 144 valence electrons. The molecule has 0 amide bonds. The molecule has 0 aliphatic carbocycles. The van der Waals surface area contributed by atoms with Crippen LogP contribution in [0.2, 0.25) is 0 Å². The molecule has 0 atom stereocenters. The summed E-state index contributed by atoms with van der Waals surface area (Å²) >= 11 is 3.43. The van der Waals surface area contributed by atoms with Crippen molar-refractivity contribution in [1.82, 2.24) is 9.97 Å². The number of nitrogens with two attached hydrogens (primary N) is 1. The largest absolute Gasteiger partial charge is 0.393 e. The molecule has 8 heteroatoms. The van der Waals surface area contributed by atoms with Crippen LogP contribution in [-0.4, -0.2) is 36.1 Å². The van der Waals surface area contributed by atoms with Gasteiger partial charge < -0.3 is 20.9 Å². The van der Waals surface area contributed by atoms with Gasteiger partial charge in [0.15, 0.2) is 11.6 Å². The minimum absolute atomic E-state index is 0.220. The van der Waals surface area contributed by atoms with Crippen LogP contribution in [-0.2, 0) is 0 Å². The fourth-order valence-electron chi connectivity index (χ4n) is 3.24. The number of hydrogen-bond acceptors (Lipinski definition) is 6. The summed E-state index contributed by atoms with van der Waals surface area (Å²) in [6, 6.07) is 14.4. The number of aromatic nitrogens is 2. The van der Waals surface area contributed by atoms with E-state index >= 15 is 0 Å². The summed E-state index contributed by atoms with van der Waals surface area (Å²) in [7, 11) is 0. The Balaban J connectivity index is 1.46. The molecule has 2 heterocycles. The van der Waals surface area contributed by atoms with Crippen LogP contribution < -0.4 is 20.9 Å². The van der Waals surface area contributed by atoms with E-state index in [1.165, 1.54) is 18.5 Å². The lowest BCUT2D eigenvalue weighted by molar-refractivity contribution is 0.624. The van der Waals surface area contributed by atoms with Gasteiger partial charge >= 0.3 is 0 Å². The predicted octanol–water partition coefficient (Wildman–Crippen LogP) is 4.03. The van der Waals surface area contributed by atoms with Crippen molar-refractivity contribution < 1.29 is 4.39 Å². The zero-order valence-electron chi connectivity index (χ0n) is 15.1. The lowest BCUT2D eigenvalue weighted by Crippen LogP contribution is -2.47. The summed E-state index contributed by atoms with van der Waals surface area (Å²) in [5.41, 5.74) is 8.81. The molecule has 1 saturated heterocycles. The second-order valence-corrected chi connectivity index (χ2v) is 7.46. The van der Waals surface area contributed by atoms with Crippen molar-refractivity contribution in [3.8, 4) is 0 Å². The molecule has 3 aromatic rings. The molecular weight excluding hydrogens is 423 g/mol. The van der Waals surface area contributed by atoms with Crippen molar-refractivity contribution in [2.45, 2.75) is 0 Å². The first-order chi connectivity index (χ1) is 13.6. The molecule has 6 nitrogen and oxygen atoms in total. The fraction of sp³-hybridized carbons (Fsp3) is 0.200. The molecule has 0 saturated carbocycles. The Morgan fingerprint density at radius 2 is 1.54 bits per heavy atom. The van der Waals surface area contributed by atoms with E-state index in [2.05, 4.69) is 41.0 Å². The van der Waals surface area contributed by atoms with Crippen molar-refractivity contribution >= 4 is 44.6 Å². The number of benzene rings is 2. The SMILES string of the molecule is Nc1c(Nc2ccc(Br)cc2)ncnc1N1CCN(c2ccc(F)cc2)CC1. The summed E-state index contributed by atoms with van der Waals surface area (Å²) in [5, 5.41) is 3.25. The number of nitrogens with one attached hydrogen (secondary N) is 1. The molecule has 1 fully saturated rings. The molecule has 2 aromatic carbocycles. The van der Waals surface area contributed by atoms with Gasteiger partial charge in [-0.15, -0.1) is 0 Å². The summed E-state index contributed by atoms with van der Waals surface area (Å²) in [5.74, 6) is 1.10. The highest BCUT2D eigenvalue weighted by molar-refractivity contribution is 9.10. The first-order valence-electron chi connectivity index (χ1n) is 8.99. The average Bonchev–Trinajstić information content (AvgIpc) is 2.72. The molecule has 3 N–H and O–H groups in total. The summed E-state index contributed by atoms with van der Waals surface area (Å²) in [6.45, 7) is 3.17. The topological polar surface area (TPSA) is 70.3 Å².